The van der Waals surface area contributed by atoms with E-state index in [0.29, 0.717) is 51.5 Å². The number of hydrogen-bond donors (Lipinski definition) is 0. The standard InChI is InChI=1S/C15H20I2O5P2/c16-23-21-7-1-5-19-14-9-11-3-4-13(18)12(11)10-15(14)20-6-2-8-22-24-17/h9-10,23-24H,1-8H2. The van der Waals surface area contributed by atoms with E-state index in [-0.39, 0.29) is 5.78 Å². The molecular weight excluding hydrogens is 576 g/mol. The van der Waals surface area contributed by atoms with Crippen LogP contribution >= 0.6 is 57.0 Å². The number of carbonyl (C=O) groups excluding carboxylic acids is 1. The van der Waals surface area contributed by atoms with Crippen LogP contribution in [-0.4, -0.2) is 32.2 Å². The molecular formula is C15H20I2O5P2. The summed E-state index contributed by atoms with van der Waals surface area (Å²) in [6.07, 6.45) is 3.00. The van der Waals surface area contributed by atoms with Crippen molar-refractivity contribution >= 4 is 62.8 Å². The van der Waals surface area contributed by atoms with Crippen molar-refractivity contribution in [3.63, 3.8) is 0 Å². The molecule has 0 heterocycles. The fourth-order valence-electron chi connectivity index (χ4n) is 2.38. The van der Waals surface area contributed by atoms with Gasteiger partial charge in [0.15, 0.2) is 17.3 Å². The Balaban J connectivity index is 1.96. The van der Waals surface area contributed by atoms with Gasteiger partial charge in [0.2, 0.25) is 0 Å². The molecule has 2 unspecified atom stereocenters. The number of hydrogen-bond acceptors (Lipinski definition) is 5. The van der Waals surface area contributed by atoms with Crippen molar-refractivity contribution in [2.45, 2.75) is 25.7 Å². The average molecular weight is 596 g/mol. The highest BCUT2D eigenvalue weighted by molar-refractivity contribution is 14.2. The van der Waals surface area contributed by atoms with Crippen molar-refractivity contribution in [1.29, 1.82) is 0 Å². The normalized spacial score (nSPS) is 14.2. The third kappa shape index (κ3) is 6.80. The van der Waals surface area contributed by atoms with Crippen LogP contribution in [-0.2, 0) is 15.5 Å². The first-order valence-corrected chi connectivity index (χ1v) is 15.7. The van der Waals surface area contributed by atoms with Crippen LogP contribution in [0.4, 0.5) is 0 Å². The summed E-state index contributed by atoms with van der Waals surface area (Å²) < 4.78 is 22.4. The van der Waals surface area contributed by atoms with E-state index in [9.17, 15) is 4.79 Å². The molecule has 0 bridgehead atoms. The molecule has 9 heteroatoms. The van der Waals surface area contributed by atoms with Crippen LogP contribution in [0.15, 0.2) is 12.1 Å². The maximum Gasteiger partial charge on any atom is 0.163 e. The third-order valence-corrected chi connectivity index (χ3v) is 5.99. The minimum absolute atomic E-state index is 0.187. The SMILES string of the molecule is O=C1CCc2cc(OCCCOPI)c(OCCCOPI)cc21. The Morgan fingerprint density at radius 1 is 0.875 bits per heavy atom. The van der Waals surface area contributed by atoms with Crippen LogP contribution in [0.2, 0.25) is 0 Å². The van der Waals surface area contributed by atoms with Crippen LogP contribution in [0.25, 0.3) is 0 Å². The van der Waals surface area contributed by atoms with Gasteiger partial charge in [0.05, 0.1) is 39.3 Å². The molecule has 1 aromatic rings. The van der Waals surface area contributed by atoms with Crippen molar-refractivity contribution in [2.24, 2.45) is 0 Å². The zero-order valence-corrected chi connectivity index (χ0v) is 19.4. The summed E-state index contributed by atoms with van der Waals surface area (Å²) in [7, 11) is 0. The summed E-state index contributed by atoms with van der Waals surface area (Å²) in [6.45, 7) is 3.43. The number of carbonyl (C=O) groups is 1. The third-order valence-electron chi connectivity index (χ3n) is 3.50. The van der Waals surface area contributed by atoms with Crippen LogP contribution < -0.4 is 9.47 Å². The van der Waals surface area contributed by atoms with Gasteiger partial charge in [-0.25, -0.2) is 0 Å². The maximum absolute atomic E-state index is 11.9. The van der Waals surface area contributed by atoms with Crippen molar-refractivity contribution in [3.05, 3.63) is 23.3 Å². The van der Waals surface area contributed by atoms with Gasteiger partial charge in [0.25, 0.3) is 0 Å². The molecule has 0 spiro atoms. The van der Waals surface area contributed by atoms with Gasteiger partial charge in [0.1, 0.15) is 0 Å². The summed E-state index contributed by atoms with van der Waals surface area (Å²) in [5.74, 6) is 1.56. The van der Waals surface area contributed by atoms with E-state index >= 15 is 0 Å². The molecule has 0 aromatic heterocycles. The number of ether oxygens (including phenoxy) is 2. The predicted molar refractivity (Wildman–Crippen MR) is 116 cm³/mol. The quantitative estimate of drug-likeness (QED) is 0.187. The fourth-order valence-corrected chi connectivity index (χ4v) is 4.14. The Morgan fingerprint density at radius 3 is 2.04 bits per heavy atom. The number of fused-ring (bicyclic) bond motifs is 1. The highest BCUT2D eigenvalue weighted by atomic mass is 127. The monoisotopic (exact) mass is 596 g/mol. The predicted octanol–water partition coefficient (Wildman–Crippen LogP) is 5.27. The number of Topliss-reactive ketones (excluding diaryl/α,β-unsaturated/α-hetero) is 1. The van der Waals surface area contributed by atoms with E-state index in [1.54, 1.807) is 0 Å². The maximum atomic E-state index is 11.9. The van der Waals surface area contributed by atoms with Crippen molar-refractivity contribution in [2.75, 3.05) is 26.4 Å². The van der Waals surface area contributed by atoms with Crippen LogP contribution in [0.5, 0.6) is 11.5 Å². The molecule has 0 saturated heterocycles. The van der Waals surface area contributed by atoms with E-state index in [1.165, 1.54) is 0 Å². The Bertz CT molecular complexity index is 545. The smallest absolute Gasteiger partial charge is 0.163 e. The summed E-state index contributed by atoms with van der Waals surface area (Å²) in [6, 6.07) is 3.79. The van der Waals surface area contributed by atoms with Gasteiger partial charge in [-0.3, -0.25) is 4.79 Å². The highest BCUT2D eigenvalue weighted by Crippen LogP contribution is 2.35. The number of rotatable bonds is 12. The average Bonchev–Trinajstić information content (AvgIpc) is 2.94. The zero-order valence-electron chi connectivity index (χ0n) is 13.1. The largest absolute Gasteiger partial charge is 0.490 e. The molecule has 0 amide bonds. The number of halogens is 2. The molecule has 24 heavy (non-hydrogen) atoms. The summed E-state index contributed by atoms with van der Waals surface area (Å²) in [4.78, 5) is 11.9. The Hall–Kier alpha value is 0.730. The fraction of sp³-hybridized carbons (Fsp3) is 0.533. The lowest BCUT2D eigenvalue weighted by Crippen LogP contribution is -2.06. The Kier molecular flexibility index (Phi) is 10.7. The molecule has 134 valence electrons. The molecule has 0 radical (unpaired) electrons. The van der Waals surface area contributed by atoms with Crippen LogP contribution in [0, 0.1) is 0 Å². The van der Waals surface area contributed by atoms with Gasteiger partial charge >= 0.3 is 0 Å². The van der Waals surface area contributed by atoms with Gasteiger partial charge in [0, 0.05) is 24.8 Å². The van der Waals surface area contributed by atoms with Crippen molar-refractivity contribution in [3.8, 4) is 11.5 Å². The van der Waals surface area contributed by atoms with Gasteiger partial charge in [-0.1, -0.05) is 0 Å². The summed E-state index contributed by atoms with van der Waals surface area (Å²) >= 11 is 4.40. The number of aryl methyl sites for hydroxylation is 1. The Labute approximate surface area is 172 Å². The summed E-state index contributed by atoms with van der Waals surface area (Å²) in [5, 5.41) is 0. The first kappa shape index (κ1) is 21.0. The lowest BCUT2D eigenvalue weighted by molar-refractivity contribution is 0.0994. The molecule has 1 aromatic carbocycles. The molecule has 5 nitrogen and oxygen atoms in total. The molecule has 1 aliphatic rings. The first-order valence-electron chi connectivity index (χ1n) is 7.67. The summed E-state index contributed by atoms with van der Waals surface area (Å²) in [5.41, 5.74) is 1.83. The van der Waals surface area contributed by atoms with Crippen LogP contribution in [0.3, 0.4) is 0 Å². The highest BCUT2D eigenvalue weighted by Gasteiger charge is 2.22. The second-order valence-corrected chi connectivity index (χ2v) is 8.66. The lowest BCUT2D eigenvalue weighted by atomic mass is 10.1. The van der Waals surface area contributed by atoms with E-state index in [0.717, 1.165) is 36.1 Å². The second-order valence-electron chi connectivity index (χ2n) is 5.13. The second kappa shape index (κ2) is 12.2. The van der Waals surface area contributed by atoms with E-state index in [1.807, 2.05) is 12.1 Å². The van der Waals surface area contributed by atoms with Crippen molar-refractivity contribution < 1.29 is 23.3 Å². The molecule has 2 atom stereocenters. The minimum atomic E-state index is 0.187. The van der Waals surface area contributed by atoms with E-state index in [4.69, 9.17) is 18.5 Å². The molecule has 0 aliphatic heterocycles. The lowest BCUT2D eigenvalue weighted by Gasteiger charge is -2.14. The molecule has 0 saturated carbocycles. The zero-order chi connectivity index (χ0) is 17.2. The molecule has 2 rings (SSSR count). The van der Waals surface area contributed by atoms with Gasteiger partial charge in [-0.2, -0.15) is 0 Å². The molecule has 0 fully saturated rings. The molecule has 0 N–H and O–H groups in total. The van der Waals surface area contributed by atoms with Gasteiger partial charge in [-0.15, -0.1) is 0 Å². The topological polar surface area (TPSA) is 54.0 Å². The van der Waals surface area contributed by atoms with Crippen molar-refractivity contribution in [1.82, 2.24) is 0 Å². The van der Waals surface area contributed by atoms with Crippen LogP contribution in [0.1, 0.15) is 35.2 Å². The van der Waals surface area contributed by atoms with E-state index < -0.39 is 0 Å². The van der Waals surface area contributed by atoms with E-state index in [2.05, 4.69) is 44.1 Å². The van der Waals surface area contributed by atoms with Gasteiger partial charge < -0.3 is 18.5 Å². The number of ketones is 1. The Morgan fingerprint density at radius 2 is 1.46 bits per heavy atom. The van der Waals surface area contributed by atoms with Gasteiger partial charge in [-0.05, 0) is 68.2 Å². The first-order chi connectivity index (χ1) is 11.8. The minimum Gasteiger partial charge on any atom is -0.490 e. The molecule has 1 aliphatic carbocycles. The number of benzene rings is 1.